The van der Waals surface area contributed by atoms with Crippen molar-refractivity contribution < 1.29 is 23.6 Å². The van der Waals surface area contributed by atoms with Gasteiger partial charge in [0, 0.05) is 28.6 Å². The topological polar surface area (TPSA) is 86.8 Å². The number of rotatable bonds is 6. The first-order chi connectivity index (χ1) is 18.3. The lowest BCUT2D eigenvalue weighted by atomic mass is 10.0. The number of nitrogens with one attached hydrogen (secondary N) is 1. The maximum atomic E-state index is 13.9. The molecule has 0 bridgehead atoms. The summed E-state index contributed by atoms with van der Waals surface area (Å²) in [7, 11) is 0. The van der Waals surface area contributed by atoms with Crippen LogP contribution < -0.4 is 5.32 Å². The van der Waals surface area contributed by atoms with Crippen LogP contribution in [0.2, 0.25) is 0 Å². The van der Waals surface area contributed by atoms with Crippen LogP contribution in [0.4, 0.5) is 4.39 Å². The van der Waals surface area contributed by atoms with Crippen molar-refractivity contribution in [1.82, 2.24) is 15.1 Å². The molecule has 3 atom stereocenters. The summed E-state index contributed by atoms with van der Waals surface area (Å²) in [4.78, 5) is 56.2. The van der Waals surface area contributed by atoms with Crippen molar-refractivity contribution >= 4 is 39.4 Å². The standard InChI is InChI=1S/C29H25BrFN3O4/c30-21-10-5-9-20(16-21)27(36)32-23(15-18-6-4-11-22(31)14-18)29(38)33-13-12-24-26(33)25(35)17-34(24)28(37)19-7-2-1-3-8-19/h1-11,14,16,23-24,26H,12-13,15,17H2,(H,32,36)/t23-,24?,26?/m0/s1. The number of nitrogens with zero attached hydrogens (tertiary/aromatic N) is 2. The summed E-state index contributed by atoms with van der Waals surface area (Å²) < 4.78 is 14.6. The SMILES string of the molecule is O=C(N[C@@H](Cc1cccc(F)c1)C(=O)N1CCC2C1C(=O)CN2C(=O)c1ccccc1)c1cccc(Br)c1. The number of fused-ring (bicyclic) bond motifs is 1. The lowest BCUT2D eigenvalue weighted by Crippen LogP contribution is -2.53. The van der Waals surface area contributed by atoms with Gasteiger partial charge in [-0.3, -0.25) is 19.2 Å². The molecule has 0 aromatic heterocycles. The van der Waals surface area contributed by atoms with Gasteiger partial charge >= 0.3 is 0 Å². The predicted octanol–water partition coefficient (Wildman–Crippen LogP) is 3.62. The fraction of sp³-hybridized carbons (Fsp3) is 0.241. The largest absolute Gasteiger partial charge is 0.340 e. The van der Waals surface area contributed by atoms with Crippen molar-refractivity contribution in [2.75, 3.05) is 13.1 Å². The third kappa shape index (κ3) is 5.24. The molecule has 0 spiro atoms. The Bertz CT molecular complexity index is 1400. The first-order valence-electron chi connectivity index (χ1n) is 12.3. The molecule has 9 heteroatoms. The summed E-state index contributed by atoms with van der Waals surface area (Å²) in [5.41, 5.74) is 1.37. The zero-order valence-corrected chi connectivity index (χ0v) is 21.9. The summed E-state index contributed by atoms with van der Waals surface area (Å²) >= 11 is 3.35. The number of likely N-dealkylation sites (tertiary alicyclic amines) is 2. The molecule has 38 heavy (non-hydrogen) atoms. The summed E-state index contributed by atoms with van der Waals surface area (Å²) in [6.07, 6.45) is 0.498. The zero-order valence-electron chi connectivity index (χ0n) is 20.3. The Hall–Kier alpha value is -3.85. The molecule has 2 saturated heterocycles. The van der Waals surface area contributed by atoms with E-state index >= 15 is 0 Å². The van der Waals surface area contributed by atoms with E-state index in [1.54, 1.807) is 60.7 Å². The van der Waals surface area contributed by atoms with Crippen LogP contribution in [-0.4, -0.2) is 64.5 Å². The van der Waals surface area contributed by atoms with Gasteiger partial charge in [-0.15, -0.1) is 0 Å². The van der Waals surface area contributed by atoms with Crippen LogP contribution in [0.3, 0.4) is 0 Å². The van der Waals surface area contributed by atoms with E-state index in [9.17, 15) is 23.6 Å². The van der Waals surface area contributed by atoms with E-state index in [1.807, 2.05) is 6.07 Å². The Labute approximate surface area is 227 Å². The third-order valence-corrected chi connectivity index (χ3v) is 7.50. The van der Waals surface area contributed by atoms with Crippen LogP contribution in [-0.2, 0) is 16.0 Å². The normalized spacial score (nSPS) is 19.3. The molecule has 2 aliphatic heterocycles. The number of halogens is 2. The second kappa shape index (κ2) is 10.9. The Morgan fingerprint density at radius 1 is 0.947 bits per heavy atom. The van der Waals surface area contributed by atoms with Crippen molar-refractivity contribution in [2.45, 2.75) is 31.0 Å². The Balaban J connectivity index is 1.39. The van der Waals surface area contributed by atoms with E-state index in [-0.39, 0.29) is 31.2 Å². The number of Topliss-reactive ketones (excluding diaryl/α,β-unsaturated/α-hetero) is 1. The summed E-state index contributed by atoms with van der Waals surface area (Å²) in [5, 5.41) is 2.79. The monoisotopic (exact) mass is 577 g/mol. The molecule has 0 radical (unpaired) electrons. The van der Waals surface area contributed by atoms with Gasteiger partial charge in [0.2, 0.25) is 5.91 Å². The molecule has 3 aromatic carbocycles. The molecule has 7 nitrogen and oxygen atoms in total. The zero-order chi connectivity index (χ0) is 26.8. The van der Waals surface area contributed by atoms with Gasteiger partial charge in [-0.2, -0.15) is 0 Å². The molecule has 0 saturated carbocycles. The molecule has 1 N–H and O–H groups in total. The van der Waals surface area contributed by atoms with E-state index in [1.165, 1.54) is 21.9 Å². The van der Waals surface area contributed by atoms with E-state index in [4.69, 9.17) is 0 Å². The minimum Gasteiger partial charge on any atom is -0.340 e. The van der Waals surface area contributed by atoms with E-state index in [0.717, 1.165) is 0 Å². The number of amides is 3. The van der Waals surface area contributed by atoms with Crippen LogP contribution in [0.25, 0.3) is 0 Å². The molecule has 2 heterocycles. The van der Waals surface area contributed by atoms with Gasteiger partial charge in [0.05, 0.1) is 12.6 Å². The first-order valence-corrected chi connectivity index (χ1v) is 13.1. The molecule has 3 aromatic rings. The summed E-state index contributed by atoms with van der Waals surface area (Å²) in [6, 6.07) is 19.1. The molecule has 194 valence electrons. The average Bonchev–Trinajstić information content (AvgIpc) is 3.49. The summed E-state index contributed by atoms with van der Waals surface area (Å²) in [5.74, 6) is -1.81. The van der Waals surface area contributed by atoms with Crippen LogP contribution >= 0.6 is 15.9 Å². The lowest BCUT2D eigenvalue weighted by Gasteiger charge is -2.28. The Morgan fingerprint density at radius 2 is 1.68 bits per heavy atom. The highest BCUT2D eigenvalue weighted by Gasteiger charge is 2.52. The minimum absolute atomic E-state index is 0.0467. The number of benzene rings is 3. The van der Waals surface area contributed by atoms with Gasteiger partial charge in [-0.05, 0) is 54.4 Å². The fourth-order valence-corrected chi connectivity index (χ4v) is 5.66. The highest BCUT2D eigenvalue weighted by atomic mass is 79.9. The molecular weight excluding hydrogens is 553 g/mol. The van der Waals surface area contributed by atoms with Crippen LogP contribution in [0.15, 0.2) is 83.3 Å². The van der Waals surface area contributed by atoms with E-state index in [2.05, 4.69) is 21.2 Å². The van der Waals surface area contributed by atoms with Gasteiger partial charge in [0.1, 0.15) is 17.9 Å². The van der Waals surface area contributed by atoms with Crippen LogP contribution in [0.1, 0.15) is 32.7 Å². The summed E-state index contributed by atoms with van der Waals surface area (Å²) in [6.45, 7) is 0.191. The Kier molecular flexibility index (Phi) is 7.37. The molecule has 2 unspecified atom stereocenters. The highest BCUT2D eigenvalue weighted by Crippen LogP contribution is 2.31. The Morgan fingerprint density at radius 3 is 2.42 bits per heavy atom. The first kappa shape index (κ1) is 25.8. The van der Waals surface area contributed by atoms with Crippen molar-refractivity contribution in [3.63, 3.8) is 0 Å². The average molecular weight is 578 g/mol. The number of carbonyl (C=O) groups excluding carboxylic acids is 4. The highest BCUT2D eigenvalue weighted by molar-refractivity contribution is 9.10. The van der Waals surface area contributed by atoms with Gasteiger partial charge in [-0.1, -0.05) is 52.3 Å². The van der Waals surface area contributed by atoms with Gasteiger partial charge in [-0.25, -0.2) is 4.39 Å². The maximum absolute atomic E-state index is 13.9. The predicted molar refractivity (Wildman–Crippen MR) is 142 cm³/mol. The molecular formula is C29H25BrFN3O4. The van der Waals surface area contributed by atoms with Crippen molar-refractivity contribution in [1.29, 1.82) is 0 Å². The van der Waals surface area contributed by atoms with Crippen molar-refractivity contribution in [3.05, 3.63) is 106 Å². The van der Waals surface area contributed by atoms with Crippen molar-refractivity contribution in [3.8, 4) is 0 Å². The molecule has 2 fully saturated rings. The number of hydrogen-bond donors (Lipinski definition) is 1. The van der Waals surface area contributed by atoms with Gasteiger partial charge in [0.25, 0.3) is 11.8 Å². The quantitative estimate of drug-likeness (QED) is 0.485. The second-order valence-electron chi connectivity index (χ2n) is 9.47. The number of hydrogen-bond acceptors (Lipinski definition) is 4. The van der Waals surface area contributed by atoms with Crippen LogP contribution in [0.5, 0.6) is 0 Å². The lowest BCUT2D eigenvalue weighted by molar-refractivity contribution is -0.138. The van der Waals surface area contributed by atoms with Gasteiger partial charge < -0.3 is 15.1 Å². The number of carbonyl (C=O) groups is 4. The molecule has 0 aliphatic carbocycles. The number of ketones is 1. The smallest absolute Gasteiger partial charge is 0.254 e. The van der Waals surface area contributed by atoms with E-state index in [0.29, 0.717) is 27.6 Å². The molecule has 2 aliphatic rings. The van der Waals surface area contributed by atoms with E-state index < -0.39 is 35.8 Å². The molecule has 5 rings (SSSR count). The molecule has 3 amide bonds. The van der Waals surface area contributed by atoms with Crippen molar-refractivity contribution in [2.24, 2.45) is 0 Å². The second-order valence-corrected chi connectivity index (χ2v) is 10.4. The minimum atomic E-state index is -1.03. The third-order valence-electron chi connectivity index (χ3n) is 7.01. The van der Waals surface area contributed by atoms with Gasteiger partial charge in [0.15, 0.2) is 5.78 Å². The van der Waals surface area contributed by atoms with Crippen LogP contribution in [0, 0.1) is 5.82 Å². The fourth-order valence-electron chi connectivity index (χ4n) is 5.26. The maximum Gasteiger partial charge on any atom is 0.254 e.